The predicted octanol–water partition coefficient (Wildman–Crippen LogP) is 4.21. The Labute approximate surface area is 128 Å². The topological polar surface area (TPSA) is 29.3 Å². The van der Waals surface area contributed by atoms with E-state index >= 15 is 0 Å². The van der Waals surface area contributed by atoms with Crippen LogP contribution in [0.15, 0.2) is 42.5 Å². The second-order valence-corrected chi connectivity index (χ2v) is 6.42. The average molecular weight is 284 g/mol. The second kappa shape index (κ2) is 7.06. The van der Waals surface area contributed by atoms with Crippen LogP contribution < -0.4 is 5.73 Å². The number of rotatable bonds is 6. The summed E-state index contributed by atoms with van der Waals surface area (Å²) in [6.45, 7) is 7.70. The normalized spacial score (nSPS) is 14.8. The van der Waals surface area contributed by atoms with Crippen molar-refractivity contribution in [2.24, 2.45) is 11.7 Å². The molecule has 2 N–H and O–H groups in total. The van der Waals surface area contributed by atoms with Crippen LogP contribution in [0, 0.1) is 5.92 Å². The molecule has 0 bridgehead atoms. The van der Waals surface area contributed by atoms with Crippen molar-refractivity contribution >= 4 is 10.8 Å². The molecular weight excluding hydrogens is 256 g/mol. The van der Waals surface area contributed by atoms with E-state index in [4.69, 9.17) is 5.73 Å². The van der Waals surface area contributed by atoms with Gasteiger partial charge in [-0.2, -0.15) is 0 Å². The van der Waals surface area contributed by atoms with E-state index in [-0.39, 0.29) is 6.04 Å². The van der Waals surface area contributed by atoms with Gasteiger partial charge in [0.25, 0.3) is 0 Å². The maximum atomic E-state index is 6.17. The Hall–Kier alpha value is -1.38. The van der Waals surface area contributed by atoms with Crippen molar-refractivity contribution in [1.29, 1.82) is 0 Å². The summed E-state index contributed by atoms with van der Waals surface area (Å²) in [7, 11) is 2.19. The molecule has 2 aromatic rings. The Morgan fingerprint density at radius 3 is 2.38 bits per heavy atom. The molecule has 2 atom stereocenters. The van der Waals surface area contributed by atoms with E-state index in [0.29, 0.717) is 12.0 Å². The van der Waals surface area contributed by atoms with E-state index in [0.717, 1.165) is 13.0 Å². The van der Waals surface area contributed by atoms with Gasteiger partial charge in [-0.3, -0.25) is 4.90 Å². The summed E-state index contributed by atoms with van der Waals surface area (Å²) in [6.07, 6.45) is 1.04. The van der Waals surface area contributed by atoms with E-state index in [1.165, 1.54) is 16.3 Å². The zero-order chi connectivity index (χ0) is 15.4. The van der Waals surface area contributed by atoms with Gasteiger partial charge in [-0.15, -0.1) is 0 Å². The van der Waals surface area contributed by atoms with Gasteiger partial charge in [0.1, 0.15) is 0 Å². The number of benzene rings is 2. The van der Waals surface area contributed by atoms with Crippen molar-refractivity contribution in [2.45, 2.75) is 39.3 Å². The van der Waals surface area contributed by atoms with Gasteiger partial charge in [0.15, 0.2) is 0 Å². The summed E-state index contributed by atoms with van der Waals surface area (Å²) in [5, 5.41) is 2.67. The van der Waals surface area contributed by atoms with Gasteiger partial charge < -0.3 is 5.73 Å². The lowest BCUT2D eigenvalue weighted by Crippen LogP contribution is -2.33. The lowest BCUT2D eigenvalue weighted by Gasteiger charge is -2.28. The molecule has 0 aliphatic heterocycles. The van der Waals surface area contributed by atoms with Crippen molar-refractivity contribution in [3.63, 3.8) is 0 Å². The molecule has 2 aromatic carbocycles. The first-order valence-corrected chi connectivity index (χ1v) is 7.94. The van der Waals surface area contributed by atoms with Gasteiger partial charge in [0, 0.05) is 12.1 Å². The number of hydrogen-bond donors (Lipinski definition) is 1. The minimum Gasteiger partial charge on any atom is -0.327 e. The largest absolute Gasteiger partial charge is 0.327 e. The summed E-state index contributed by atoms with van der Waals surface area (Å²) in [5.41, 5.74) is 7.56. The van der Waals surface area contributed by atoms with E-state index in [2.05, 4.69) is 75.2 Å². The highest BCUT2D eigenvalue weighted by molar-refractivity contribution is 5.86. The smallest absolute Gasteiger partial charge is 0.0323 e. The van der Waals surface area contributed by atoms with Crippen LogP contribution in [0.2, 0.25) is 0 Å². The summed E-state index contributed by atoms with van der Waals surface area (Å²) < 4.78 is 0. The molecule has 2 unspecified atom stereocenters. The standard InChI is InChI=1S/C19H28N2/c1-14(2)19(20)12-13-21(4)15(3)17-11-7-9-16-8-5-6-10-18(16)17/h5-11,14-15,19H,12-13,20H2,1-4H3. The van der Waals surface area contributed by atoms with Crippen LogP contribution in [-0.4, -0.2) is 24.5 Å². The first-order chi connectivity index (χ1) is 10.0. The van der Waals surface area contributed by atoms with Crippen LogP contribution >= 0.6 is 0 Å². The second-order valence-electron chi connectivity index (χ2n) is 6.42. The van der Waals surface area contributed by atoms with Gasteiger partial charge in [-0.1, -0.05) is 56.3 Å². The molecule has 0 saturated heterocycles. The van der Waals surface area contributed by atoms with Crippen LogP contribution in [0.1, 0.15) is 38.8 Å². The van der Waals surface area contributed by atoms with Gasteiger partial charge in [-0.05, 0) is 49.2 Å². The Kier molecular flexibility index (Phi) is 5.38. The third-order valence-electron chi connectivity index (χ3n) is 4.61. The summed E-state index contributed by atoms with van der Waals surface area (Å²) in [6, 6.07) is 15.9. The van der Waals surface area contributed by atoms with Gasteiger partial charge >= 0.3 is 0 Å². The van der Waals surface area contributed by atoms with Crippen molar-refractivity contribution in [1.82, 2.24) is 4.90 Å². The van der Waals surface area contributed by atoms with Crippen LogP contribution in [0.25, 0.3) is 10.8 Å². The van der Waals surface area contributed by atoms with Crippen LogP contribution in [0.4, 0.5) is 0 Å². The van der Waals surface area contributed by atoms with Crippen molar-refractivity contribution in [3.05, 3.63) is 48.0 Å². The Bertz CT molecular complexity index is 571. The lowest BCUT2D eigenvalue weighted by atomic mass is 9.98. The van der Waals surface area contributed by atoms with Crippen LogP contribution in [0.5, 0.6) is 0 Å². The zero-order valence-electron chi connectivity index (χ0n) is 13.7. The molecule has 0 radical (unpaired) electrons. The van der Waals surface area contributed by atoms with Crippen LogP contribution in [0.3, 0.4) is 0 Å². The first kappa shape index (κ1) is 16.0. The monoisotopic (exact) mass is 284 g/mol. The molecule has 0 fully saturated rings. The fourth-order valence-electron chi connectivity index (χ4n) is 2.73. The predicted molar refractivity (Wildman–Crippen MR) is 92.4 cm³/mol. The summed E-state index contributed by atoms with van der Waals surface area (Å²) in [5.74, 6) is 0.547. The SMILES string of the molecule is CC(C)C(N)CCN(C)C(C)c1cccc2ccccc12. The van der Waals surface area contributed by atoms with Crippen molar-refractivity contribution in [3.8, 4) is 0 Å². The number of nitrogens with zero attached hydrogens (tertiary/aromatic N) is 1. The molecule has 0 amide bonds. The molecule has 114 valence electrons. The fraction of sp³-hybridized carbons (Fsp3) is 0.474. The minimum absolute atomic E-state index is 0.284. The molecule has 0 aliphatic rings. The van der Waals surface area contributed by atoms with E-state index in [9.17, 15) is 0 Å². The number of hydrogen-bond acceptors (Lipinski definition) is 2. The van der Waals surface area contributed by atoms with Crippen molar-refractivity contribution < 1.29 is 0 Å². The zero-order valence-corrected chi connectivity index (χ0v) is 13.7. The summed E-state index contributed by atoms with van der Waals surface area (Å²) >= 11 is 0. The molecular formula is C19H28N2. The highest BCUT2D eigenvalue weighted by Crippen LogP contribution is 2.27. The Morgan fingerprint density at radius 1 is 1.00 bits per heavy atom. The van der Waals surface area contributed by atoms with Crippen molar-refractivity contribution in [2.75, 3.05) is 13.6 Å². The van der Waals surface area contributed by atoms with Gasteiger partial charge in [0.05, 0.1) is 0 Å². The molecule has 2 rings (SSSR count). The Balaban J connectivity index is 2.12. The van der Waals surface area contributed by atoms with Crippen LogP contribution in [-0.2, 0) is 0 Å². The summed E-state index contributed by atoms with van der Waals surface area (Å²) in [4.78, 5) is 2.41. The van der Waals surface area contributed by atoms with E-state index < -0.39 is 0 Å². The third-order valence-corrected chi connectivity index (χ3v) is 4.61. The molecule has 0 spiro atoms. The first-order valence-electron chi connectivity index (χ1n) is 7.94. The highest BCUT2D eigenvalue weighted by atomic mass is 15.1. The quantitative estimate of drug-likeness (QED) is 0.861. The number of fused-ring (bicyclic) bond motifs is 1. The average Bonchev–Trinajstić information content (AvgIpc) is 2.50. The highest BCUT2D eigenvalue weighted by Gasteiger charge is 2.16. The molecule has 0 heterocycles. The fourth-order valence-corrected chi connectivity index (χ4v) is 2.73. The molecule has 0 aromatic heterocycles. The van der Waals surface area contributed by atoms with Gasteiger partial charge in [-0.25, -0.2) is 0 Å². The molecule has 2 heteroatoms. The lowest BCUT2D eigenvalue weighted by molar-refractivity contribution is 0.244. The maximum Gasteiger partial charge on any atom is 0.0323 e. The van der Waals surface area contributed by atoms with E-state index in [1.807, 2.05) is 0 Å². The maximum absolute atomic E-state index is 6.17. The molecule has 21 heavy (non-hydrogen) atoms. The molecule has 0 aliphatic carbocycles. The Morgan fingerprint density at radius 2 is 1.67 bits per heavy atom. The van der Waals surface area contributed by atoms with E-state index in [1.54, 1.807) is 0 Å². The molecule has 0 saturated carbocycles. The number of nitrogens with two attached hydrogens (primary N) is 1. The molecule has 2 nitrogen and oxygen atoms in total. The minimum atomic E-state index is 0.284. The third kappa shape index (κ3) is 3.84. The van der Waals surface area contributed by atoms with Gasteiger partial charge in [0.2, 0.25) is 0 Å².